The van der Waals surface area contributed by atoms with Gasteiger partial charge in [0.15, 0.2) is 0 Å². The number of carbonyl (C=O) groups excluding carboxylic acids is 1. The number of hydrogen-bond acceptors (Lipinski definition) is 2. The third kappa shape index (κ3) is 3.22. The Kier molecular flexibility index (Phi) is 4.18. The van der Waals surface area contributed by atoms with Crippen molar-refractivity contribution in [1.82, 2.24) is 5.32 Å². The number of nitrogen functional groups attached to an aromatic ring is 1. The molecule has 0 unspecified atom stereocenters. The largest absolute Gasteiger partial charge is 0.396 e. The topological polar surface area (TPSA) is 55.1 Å². The Morgan fingerprint density at radius 3 is 2.78 bits per heavy atom. The van der Waals surface area contributed by atoms with Crippen LogP contribution >= 0.6 is 0 Å². The molecule has 0 aromatic heterocycles. The van der Waals surface area contributed by atoms with Gasteiger partial charge in [-0.05, 0) is 30.5 Å². The highest BCUT2D eigenvalue weighted by Gasteiger charge is 2.15. The van der Waals surface area contributed by atoms with Gasteiger partial charge < -0.3 is 11.1 Å². The highest BCUT2D eigenvalue weighted by Crippen LogP contribution is 2.26. The minimum absolute atomic E-state index is 0.0124. The van der Waals surface area contributed by atoms with Gasteiger partial charge in [0.2, 0.25) is 0 Å². The van der Waals surface area contributed by atoms with E-state index < -0.39 is 5.82 Å². The molecule has 1 aromatic rings. The molecule has 4 heteroatoms. The van der Waals surface area contributed by atoms with Crippen LogP contribution in [0.1, 0.15) is 42.5 Å². The van der Waals surface area contributed by atoms with Crippen LogP contribution in [0.2, 0.25) is 0 Å². The van der Waals surface area contributed by atoms with Gasteiger partial charge in [0, 0.05) is 12.1 Å². The van der Waals surface area contributed by atoms with E-state index in [2.05, 4.69) is 5.32 Å². The van der Waals surface area contributed by atoms with Gasteiger partial charge in [-0.3, -0.25) is 4.79 Å². The number of halogens is 1. The Morgan fingerprint density at radius 2 is 2.11 bits per heavy atom. The van der Waals surface area contributed by atoms with Crippen LogP contribution in [0.3, 0.4) is 0 Å². The molecule has 2 rings (SSSR count). The van der Waals surface area contributed by atoms with Crippen molar-refractivity contribution in [2.24, 2.45) is 5.92 Å². The highest BCUT2D eigenvalue weighted by atomic mass is 19.1. The van der Waals surface area contributed by atoms with Crippen LogP contribution in [-0.2, 0) is 0 Å². The van der Waals surface area contributed by atoms with Crippen LogP contribution < -0.4 is 11.1 Å². The predicted octanol–water partition coefficient (Wildman–Crippen LogP) is 2.72. The first-order valence-corrected chi connectivity index (χ1v) is 6.50. The normalized spacial score (nSPS) is 15.8. The van der Waals surface area contributed by atoms with E-state index in [1.807, 2.05) is 0 Å². The van der Waals surface area contributed by atoms with Crippen molar-refractivity contribution in [3.63, 3.8) is 0 Å². The third-order valence-electron chi connectivity index (χ3n) is 3.57. The fourth-order valence-corrected chi connectivity index (χ4v) is 2.48. The van der Waals surface area contributed by atoms with Crippen LogP contribution in [0.5, 0.6) is 0 Å². The van der Waals surface area contributed by atoms with Crippen molar-refractivity contribution >= 4 is 11.6 Å². The summed E-state index contributed by atoms with van der Waals surface area (Å²) in [7, 11) is 0. The summed E-state index contributed by atoms with van der Waals surface area (Å²) < 4.78 is 13.0. The Hall–Kier alpha value is -1.58. The molecule has 1 aliphatic rings. The second-order valence-electron chi connectivity index (χ2n) is 4.93. The van der Waals surface area contributed by atoms with Crippen LogP contribution in [0.4, 0.5) is 10.1 Å². The summed E-state index contributed by atoms with van der Waals surface area (Å²) in [5, 5.41) is 2.86. The zero-order valence-corrected chi connectivity index (χ0v) is 10.4. The summed E-state index contributed by atoms with van der Waals surface area (Å²) in [6, 6.07) is 4.05. The quantitative estimate of drug-likeness (QED) is 0.807. The SMILES string of the molecule is Nc1cc(C(=O)NCCC2CCCC2)ccc1F. The number of benzene rings is 1. The van der Waals surface area contributed by atoms with Gasteiger partial charge in [-0.15, -0.1) is 0 Å². The molecule has 18 heavy (non-hydrogen) atoms. The van der Waals surface area contributed by atoms with E-state index >= 15 is 0 Å². The lowest BCUT2D eigenvalue weighted by atomic mass is 10.0. The molecule has 0 spiro atoms. The number of nitrogens with two attached hydrogens (primary N) is 1. The fraction of sp³-hybridized carbons (Fsp3) is 0.500. The first kappa shape index (κ1) is 12.9. The van der Waals surface area contributed by atoms with Gasteiger partial charge in [-0.25, -0.2) is 4.39 Å². The second-order valence-corrected chi connectivity index (χ2v) is 4.93. The molecule has 1 fully saturated rings. The summed E-state index contributed by atoms with van der Waals surface area (Å²) in [6.07, 6.45) is 6.21. The standard InChI is InChI=1S/C14H19FN2O/c15-12-6-5-11(9-13(12)16)14(18)17-8-7-10-3-1-2-4-10/h5-6,9-10H,1-4,7-8,16H2,(H,17,18). The van der Waals surface area contributed by atoms with E-state index in [0.29, 0.717) is 12.1 Å². The van der Waals surface area contributed by atoms with Crippen molar-refractivity contribution in [3.05, 3.63) is 29.6 Å². The zero-order valence-electron chi connectivity index (χ0n) is 10.4. The molecule has 0 radical (unpaired) electrons. The van der Waals surface area contributed by atoms with Crippen molar-refractivity contribution < 1.29 is 9.18 Å². The summed E-state index contributed by atoms with van der Waals surface area (Å²) in [4.78, 5) is 11.8. The van der Waals surface area contributed by atoms with Crippen molar-refractivity contribution in [3.8, 4) is 0 Å². The number of anilines is 1. The molecule has 1 amide bonds. The molecule has 1 aliphatic carbocycles. The predicted molar refractivity (Wildman–Crippen MR) is 69.7 cm³/mol. The highest BCUT2D eigenvalue weighted by molar-refractivity contribution is 5.94. The van der Waals surface area contributed by atoms with Gasteiger partial charge in [0.1, 0.15) is 5.82 Å². The first-order chi connectivity index (χ1) is 8.66. The molecule has 0 atom stereocenters. The summed E-state index contributed by atoms with van der Waals surface area (Å²) in [5.74, 6) is 0.0841. The molecule has 0 heterocycles. The molecule has 3 nitrogen and oxygen atoms in total. The summed E-state index contributed by atoms with van der Waals surface area (Å²) >= 11 is 0. The molecule has 0 bridgehead atoms. The molecule has 1 saturated carbocycles. The third-order valence-corrected chi connectivity index (χ3v) is 3.57. The monoisotopic (exact) mass is 250 g/mol. The Balaban J connectivity index is 1.81. The van der Waals surface area contributed by atoms with Gasteiger partial charge in [0.25, 0.3) is 5.91 Å². The van der Waals surface area contributed by atoms with E-state index in [0.717, 1.165) is 12.3 Å². The van der Waals surface area contributed by atoms with Crippen LogP contribution in [0, 0.1) is 11.7 Å². The van der Waals surface area contributed by atoms with E-state index in [9.17, 15) is 9.18 Å². The molecule has 0 saturated heterocycles. The number of rotatable bonds is 4. The number of carbonyl (C=O) groups is 1. The molecule has 98 valence electrons. The van der Waals surface area contributed by atoms with E-state index in [-0.39, 0.29) is 11.6 Å². The smallest absolute Gasteiger partial charge is 0.251 e. The zero-order chi connectivity index (χ0) is 13.0. The maximum absolute atomic E-state index is 13.0. The summed E-state index contributed by atoms with van der Waals surface area (Å²) in [6.45, 7) is 0.681. The second kappa shape index (κ2) is 5.85. The van der Waals surface area contributed by atoms with Crippen LogP contribution in [0.25, 0.3) is 0 Å². The maximum atomic E-state index is 13.0. The average molecular weight is 250 g/mol. The number of nitrogens with one attached hydrogen (secondary N) is 1. The lowest BCUT2D eigenvalue weighted by molar-refractivity contribution is 0.0951. The van der Waals surface area contributed by atoms with Crippen molar-refractivity contribution in [2.45, 2.75) is 32.1 Å². The minimum atomic E-state index is -0.488. The Morgan fingerprint density at radius 1 is 1.39 bits per heavy atom. The molecular weight excluding hydrogens is 231 g/mol. The molecule has 1 aromatic carbocycles. The minimum Gasteiger partial charge on any atom is -0.396 e. The number of amides is 1. The van der Waals surface area contributed by atoms with Crippen molar-refractivity contribution in [2.75, 3.05) is 12.3 Å². The van der Waals surface area contributed by atoms with E-state index in [4.69, 9.17) is 5.73 Å². The van der Waals surface area contributed by atoms with Crippen LogP contribution in [0.15, 0.2) is 18.2 Å². The Bertz CT molecular complexity index is 428. The molecular formula is C14H19FN2O. The van der Waals surface area contributed by atoms with Gasteiger partial charge in [-0.1, -0.05) is 25.7 Å². The van der Waals surface area contributed by atoms with Crippen molar-refractivity contribution in [1.29, 1.82) is 0 Å². The average Bonchev–Trinajstić information content (AvgIpc) is 2.85. The Labute approximate surface area is 107 Å². The van der Waals surface area contributed by atoms with Gasteiger partial charge in [0.05, 0.1) is 5.69 Å². The molecule has 3 N–H and O–H groups in total. The molecule has 0 aliphatic heterocycles. The lowest BCUT2D eigenvalue weighted by Gasteiger charge is -2.10. The maximum Gasteiger partial charge on any atom is 0.251 e. The number of hydrogen-bond donors (Lipinski definition) is 2. The summed E-state index contributed by atoms with van der Waals surface area (Å²) in [5.41, 5.74) is 5.86. The van der Waals surface area contributed by atoms with Crippen LogP contribution in [-0.4, -0.2) is 12.5 Å². The van der Waals surface area contributed by atoms with E-state index in [1.54, 1.807) is 0 Å². The first-order valence-electron chi connectivity index (χ1n) is 6.50. The lowest BCUT2D eigenvalue weighted by Crippen LogP contribution is -2.25. The fourth-order valence-electron chi connectivity index (χ4n) is 2.48. The van der Waals surface area contributed by atoms with Gasteiger partial charge in [-0.2, -0.15) is 0 Å². The van der Waals surface area contributed by atoms with E-state index in [1.165, 1.54) is 43.9 Å². The van der Waals surface area contributed by atoms with Gasteiger partial charge >= 0.3 is 0 Å².